The third-order valence-electron chi connectivity index (χ3n) is 5.53. The molecule has 1 saturated heterocycles. The molecule has 2 aromatic rings. The summed E-state index contributed by atoms with van der Waals surface area (Å²) in [5.41, 5.74) is 8.57. The zero-order valence-electron chi connectivity index (χ0n) is 17.2. The van der Waals surface area contributed by atoms with Crippen molar-refractivity contribution in [2.75, 3.05) is 13.2 Å². The van der Waals surface area contributed by atoms with Gasteiger partial charge in [-0.05, 0) is 27.4 Å². The van der Waals surface area contributed by atoms with Crippen molar-refractivity contribution in [1.29, 1.82) is 0 Å². The lowest BCUT2D eigenvalue weighted by Crippen LogP contribution is -2.67. The zero-order valence-corrected chi connectivity index (χ0v) is 19.1. The number of benzene rings is 2. The van der Waals surface area contributed by atoms with Crippen LogP contribution in [0.4, 0.5) is 0 Å². The number of ether oxygens (including phenoxy) is 1. The van der Waals surface area contributed by atoms with Crippen LogP contribution in [0.1, 0.15) is 27.2 Å². The minimum Gasteiger partial charge on any atom is -0.405 e. The lowest BCUT2D eigenvalue weighted by atomic mass is 10.2. The molecular weight excluding hydrogens is 398 g/mol. The Bertz CT molecular complexity index is 799. The summed E-state index contributed by atoms with van der Waals surface area (Å²) in [7, 11) is -2.59. The third-order valence-corrected chi connectivity index (χ3v) is 11.1. The summed E-state index contributed by atoms with van der Waals surface area (Å²) in [4.78, 5) is 2.84. The number of rotatable bonds is 7. The molecule has 0 amide bonds. The van der Waals surface area contributed by atoms with E-state index in [1.807, 2.05) is 12.1 Å². The largest absolute Gasteiger partial charge is 0.405 e. The minimum absolute atomic E-state index is 0.0621. The SMILES string of the molecule is CC(C)(C)[Si](OC[C@H]1O[C@H](CN=[N+]=[N-])C[C@@H]1S)(c1ccccc1)c1ccccc1. The third kappa shape index (κ3) is 4.70. The topological polar surface area (TPSA) is 67.2 Å². The summed E-state index contributed by atoms with van der Waals surface area (Å²) in [6.45, 7) is 7.59. The van der Waals surface area contributed by atoms with Crippen LogP contribution >= 0.6 is 12.6 Å². The quantitative estimate of drug-likeness (QED) is 0.235. The molecule has 29 heavy (non-hydrogen) atoms. The highest BCUT2D eigenvalue weighted by Gasteiger charge is 2.51. The van der Waals surface area contributed by atoms with Gasteiger partial charge in [0.1, 0.15) is 0 Å². The highest BCUT2D eigenvalue weighted by molar-refractivity contribution is 7.81. The van der Waals surface area contributed by atoms with Crippen LogP contribution in [-0.4, -0.2) is 38.9 Å². The normalized spacial score (nSPS) is 22.3. The summed E-state index contributed by atoms with van der Waals surface area (Å²) in [6.07, 6.45) is 0.539. The van der Waals surface area contributed by atoms with Gasteiger partial charge in [-0.3, -0.25) is 0 Å². The van der Waals surface area contributed by atoms with Gasteiger partial charge in [-0.1, -0.05) is 86.5 Å². The molecule has 0 aromatic heterocycles. The van der Waals surface area contributed by atoms with Crippen LogP contribution < -0.4 is 10.4 Å². The van der Waals surface area contributed by atoms with E-state index < -0.39 is 8.32 Å². The lowest BCUT2D eigenvalue weighted by Gasteiger charge is -2.43. The Hall–Kier alpha value is -1.76. The van der Waals surface area contributed by atoms with Gasteiger partial charge in [0.2, 0.25) is 0 Å². The standard InChI is InChI=1S/C22H29N3O2SSi/c1-22(2,3)29(18-10-6-4-7-11-18,19-12-8-5-9-13-19)26-16-20-21(28)14-17(27-20)15-24-25-23/h4-13,17,20-21,28H,14-16H2,1-3H3/t17-,20+,21-/m0/s1. The fourth-order valence-electron chi connectivity index (χ4n) is 4.18. The van der Waals surface area contributed by atoms with Crippen LogP contribution in [0.25, 0.3) is 10.4 Å². The summed E-state index contributed by atoms with van der Waals surface area (Å²) in [5, 5.41) is 6.14. The van der Waals surface area contributed by atoms with Gasteiger partial charge in [-0.25, -0.2) is 0 Å². The monoisotopic (exact) mass is 427 g/mol. The van der Waals surface area contributed by atoms with Gasteiger partial charge in [0, 0.05) is 10.2 Å². The molecule has 7 heteroatoms. The predicted octanol–water partition coefficient (Wildman–Crippen LogP) is 4.33. The van der Waals surface area contributed by atoms with E-state index in [4.69, 9.17) is 27.3 Å². The summed E-state index contributed by atoms with van der Waals surface area (Å²) in [5.74, 6) is 0. The molecule has 0 N–H and O–H groups in total. The second-order valence-corrected chi connectivity index (χ2v) is 13.5. The van der Waals surface area contributed by atoms with Gasteiger partial charge in [-0.2, -0.15) is 12.6 Å². The maximum atomic E-state index is 8.57. The van der Waals surface area contributed by atoms with Crippen molar-refractivity contribution in [2.24, 2.45) is 5.11 Å². The Morgan fingerprint density at radius 2 is 1.66 bits per heavy atom. The van der Waals surface area contributed by atoms with Crippen LogP contribution in [0.2, 0.25) is 5.04 Å². The summed E-state index contributed by atoms with van der Waals surface area (Å²) < 4.78 is 13.0. The van der Waals surface area contributed by atoms with E-state index >= 15 is 0 Å². The number of nitrogens with zero attached hydrogens (tertiary/aromatic N) is 3. The van der Waals surface area contributed by atoms with Gasteiger partial charge in [0.25, 0.3) is 8.32 Å². The van der Waals surface area contributed by atoms with Crippen LogP contribution in [0.15, 0.2) is 65.8 Å². The summed E-state index contributed by atoms with van der Waals surface area (Å²) >= 11 is 4.72. The number of hydrogen-bond donors (Lipinski definition) is 1. The maximum Gasteiger partial charge on any atom is 0.261 e. The van der Waals surface area contributed by atoms with Crippen molar-refractivity contribution in [3.05, 3.63) is 71.1 Å². The van der Waals surface area contributed by atoms with Crippen molar-refractivity contribution < 1.29 is 9.16 Å². The first-order chi connectivity index (χ1) is 13.9. The molecule has 1 aliphatic heterocycles. The Morgan fingerprint density at radius 1 is 1.10 bits per heavy atom. The van der Waals surface area contributed by atoms with Crippen LogP contribution in [0, 0.1) is 0 Å². The first-order valence-corrected chi connectivity index (χ1v) is 12.4. The average Bonchev–Trinajstić information content (AvgIpc) is 3.07. The highest BCUT2D eigenvalue weighted by atomic mass is 32.1. The van der Waals surface area contributed by atoms with E-state index in [1.165, 1.54) is 10.4 Å². The second-order valence-electron chi connectivity index (χ2n) is 8.49. The lowest BCUT2D eigenvalue weighted by molar-refractivity contribution is 0.0213. The molecule has 154 valence electrons. The van der Waals surface area contributed by atoms with Crippen molar-refractivity contribution in [3.8, 4) is 0 Å². The molecular formula is C22H29N3O2SSi. The van der Waals surface area contributed by atoms with Gasteiger partial charge >= 0.3 is 0 Å². The average molecular weight is 428 g/mol. The molecule has 1 fully saturated rings. The number of azide groups is 1. The molecule has 2 aromatic carbocycles. The van der Waals surface area contributed by atoms with Crippen LogP contribution in [-0.2, 0) is 9.16 Å². The zero-order chi connectivity index (χ0) is 20.9. The van der Waals surface area contributed by atoms with Gasteiger partial charge in [0.15, 0.2) is 0 Å². The maximum absolute atomic E-state index is 8.57. The Labute approximate surface area is 179 Å². The molecule has 3 atom stereocenters. The molecule has 0 saturated carbocycles. The van der Waals surface area contributed by atoms with Crippen LogP contribution in [0.3, 0.4) is 0 Å². The van der Waals surface area contributed by atoms with Crippen LogP contribution in [0.5, 0.6) is 0 Å². The van der Waals surface area contributed by atoms with Crippen molar-refractivity contribution in [3.63, 3.8) is 0 Å². The molecule has 1 aliphatic rings. The molecule has 0 spiro atoms. The molecule has 0 bridgehead atoms. The molecule has 3 rings (SSSR count). The first kappa shape index (κ1) is 21.9. The minimum atomic E-state index is -2.59. The molecule has 0 aliphatic carbocycles. The van der Waals surface area contributed by atoms with Gasteiger partial charge < -0.3 is 9.16 Å². The number of hydrogen-bond acceptors (Lipinski definition) is 4. The molecule has 5 nitrogen and oxygen atoms in total. The Balaban J connectivity index is 1.93. The van der Waals surface area contributed by atoms with Crippen molar-refractivity contribution >= 4 is 31.3 Å². The molecule has 0 unspecified atom stereocenters. The van der Waals surface area contributed by atoms with E-state index in [0.29, 0.717) is 13.2 Å². The Kier molecular flexibility index (Phi) is 7.08. The van der Waals surface area contributed by atoms with Gasteiger partial charge in [-0.15, -0.1) is 0 Å². The fraction of sp³-hybridized carbons (Fsp3) is 0.455. The van der Waals surface area contributed by atoms with E-state index in [0.717, 1.165) is 6.42 Å². The van der Waals surface area contributed by atoms with E-state index in [9.17, 15) is 0 Å². The van der Waals surface area contributed by atoms with Crippen molar-refractivity contribution in [1.82, 2.24) is 0 Å². The van der Waals surface area contributed by atoms with E-state index in [2.05, 4.69) is 79.3 Å². The second kappa shape index (κ2) is 9.37. The first-order valence-electron chi connectivity index (χ1n) is 9.98. The smallest absolute Gasteiger partial charge is 0.261 e. The summed E-state index contributed by atoms with van der Waals surface area (Å²) in [6, 6.07) is 21.1. The number of thiol groups is 1. The van der Waals surface area contributed by atoms with E-state index in [-0.39, 0.29) is 22.5 Å². The van der Waals surface area contributed by atoms with Crippen molar-refractivity contribution in [2.45, 2.75) is 49.7 Å². The van der Waals surface area contributed by atoms with Gasteiger partial charge in [0.05, 0.1) is 25.4 Å². The Morgan fingerprint density at radius 3 is 2.14 bits per heavy atom. The predicted molar refractivity (Wildman–Crippen MR) is 124 cm³/mol. The van der Waals surface area contributed by atoms with E-state index in [1.54, 1.807) is 0 Å². The highest BCUT2D eigenvalue weighted by Crippen LogP contribution is 2.37. The fourth-order valence-corrected chi connectivity index (χ4v) is 9.14. The molecule has 0 radical (unpaired) electrons. The molecule has 1 heterocycles.